The molecule has 0 bridgehead atoms. The first kappa shape index (κ1) is 24.4. The van der Waals surface area contributed by atoms with Gasteiger partial charge in [0.2, 0.25) is 11.8 Å². The van der Waals surface area contributed by atoms with Gasteiger partial charge in [-0.25, -0.2) is 4.98 Å². The molecule has 1 atom stereocenters. The molecule has 2 amide bonds. The van der Waals surface area contributed by atoms with Crippen molar-refractivity contribution < 1.29 is 14.3 Å². The Kier molecular flexibility index (Phi) is 11.2. The molecule has 0 spiro atoms. The number of nitrogens with one attached hydrogen (secondary N) is 2. The molecule has 1 saturated heterocycles. The Bertz CT molecular complexity index is 566. The zero-order valence-corrected chi connectivity index (χ0v) is 16.6. The Labute approximate surface area is 166 Å². The van der Waals surface area contributed by atoms with Crippen molar-refractivity contribution in [3.8, 4) is 0 Å². The highest BCUT2D eigenvalue weighted by molar-refractivity contribution is 5.94. The minimum Gasteiger partial charge on any atom is -0.378 e. The molecule has 0 aromatic carbocycles. The van der Waals surface area contributed by atoms with Crippen molar-refractivity contribution >= 4 is 48.1 Å². The summed E-state index contributed by atoms with van der Waals surface area (Å²) in [7, 11) is 0. The summed E-state index contributed by atoms with van der Waals surface area (Å²) in [4.78, 5) is 30.0. The van der Waals surface area contributed by atoms with Gasteiger partial charge in [-0.3, -0.25) is 9.59 Å². The number of hydrogen-bond donors (Lipinski definition) is 3. The number of nitrogens with zero attached hydrogens (tertiary/aromatic N) is 2. The van der Waals surface area contributed by atoms with Crippen molar-refractivity contribution in [3.05, 3.63) is 18.3 Å². The first-order valence-electron chi connectivity index (χ1n) is 8.09. The molecule has 10 heteroatoms. The van der Waals surface area contributed by atoms with Gasteiger partial charge in [0, 0.05) is 13.1 Å². The molecular formula is C16H27Cl2N5O3. The zero-order valence-electron chi connectivity index (χ0n) is 14.9. The quantitative estimate of drug-likeness (QED) is 0.643. The van der Waals surface area contributed by atoms with E-state index in [1.54, 1.807) is 12.3 Å². The van der Waals surface area contributed by atoms with Crippen LogP contribution in [0, 0.1) is 5.92 Å². The first-order chi connectivity index (χ1) is 11.5. The molecule has 26 heavy (non-hydrogen) atoms. The Morgan fingerprint density at radius 2 is 1.92 bits per heavy atom. The van der Waals surface area contributed by atoms with Crippen molar-refractivity contribution in [1.29, 1.82) is 0 Å². The molecular weight excluding hydrogens is 381 g/mol. The van der Waals surface area contributed by atoms with E-state index in [4.69, 9.17) is 10.5 Å². The minimum absolute atomic E-state index is 0. The molecule has 1 aromatic rings. The van der Waals surface area contributed by atoms with Crippen LogP contribution in [0.5, 0.6) is 0 Å². The van der Waals surface area contributed by atoms with Gasteiger partial charge in [-0.15, -0.1) is 24.8 Å². The standard InChI is InChI=1S/C16H25N5O3.2ClH/c1-11(2)15(17)16(23)19-10-14(22)20-13-4-3-12(9-18-13)21-5-7-24-8-6-21;;/h3-4,9,11,15H,5-8,10,17H2,1-2H3,(H,19,23)(H,18,20,22);2*1H/t15-;;/m0../s1. The van der Waals surface area contributed by atoms with E-state index in [0.29, 0.717) is 19.0 Å². The molecule has 8 nitrogen and oxygen atoms in total. The van der Waals surface area contributed by atoms with E-state index in [1.165, 1.54) is 0 Å². The van der Waals surface area contributed by atoms with Gasteiger partial charge in [-0.05, 0) is 18.1 Å². The van der Waals surface area contributed by atoms with E-state index in [2.05, 4.69) is 20.5 Å². The third kappa shape index (κ3) is 7.33. The van der Waals surface area contributed by atoms with Gasteiger partial charge in [0.15, 0.2) is 0 Å². The van der Waals surface area contributed by atoms with Crippen molar-refractivity contribution in [3.63, 3.8) is 0 Å². The van der Waals surface area contributed by atoms with Crippen LogP contribution in [-0.4, -0.2) is 55.7 Å². The predicted molar refractivity (Wildman–Crippen MR) is 106 cm³/mol. The fraction of sp³-hybridized carbons (Fsp3) is 0.562. The van der Waals surface area contributed by atoms with Crippen LogP contribution in [0.1, 0.15) is 13.8 Å². The number of pyridine rings is 1. The normalized spacial score (nSPS) is 14.7. The summed E-state index contributed by atoms with van der Waals surface area (Å²) in [5.74, 6) is -0.219. The molecule has 1 aromatic heterocycles. The molecule has 0 unspecified atom stereocenters. The highest BCUT2D eigenvalue weighted by Crippen LogP contribution is 2.16. The number of aromatic nitrogens is 1. The summed E-state index contributed by atoms with van der Waals surface area (Å²) < 4.78 is 5.31. The van der Waals surface area contributed by atoms with Crippen molar-refractivity contribution in [2.24, 2.45) is 11.7 Å². The molecule has 0 radical (unpaired) electrons. The van der Waals surface area contributed by atoms with E-state index in [-0.39, 0.29) is 49.1 Å². The topological polar surface area (TPSA) is 110 Å². The summed E-state index contributed by atoms with van der Waals surface area (Å²) >= 11 is 0. The van der Waals surface area contributed by atoms with Gasteiger partial charge in [-0.2, -0.15) is 0 Å². The van der Waals surface area contributed by atoms with Crippen LogP contribution in [0.25, 0.3) is 0 Å². The maximum Gasteiger partial charge on any atom is 0.244 e. The number of anilines is 2. The fourth-order valence-electron chi connectivity index (χ4n) is 2.24. The van der Waals surface area contributed by atoms with Gasteiger partial charge in [0.25, 0.3) is 0 Å². The Morgan fingerprint density at radius 1 is 1.27 bits per heavy atom. The average molecular weight is 408 g/mol. The summed E-state index contributed by atoms with van der Waals surface area (Å²) in [6.45, 7) is 6.64. The van der Waals surface area contributed by atoms with Crippen LogP contribution in [0.15, 0.2) is 18.3 Å². The van der Waals surface area contributed by atoms with Gasteiger partial charge < -0.3 is 26.0 Å². The van der Waals surface area contributed by atoms with Crippen LogP contribution in [0.2, 0.25) is 0 Å². The second-order valence-corrected chi connectivity index (χ2v) is 6.04. The average Bonchev–Trinajstić information content (AvgIpc) is 2.60. The van der Waals surface area contributed by atoms with Crippen molar-refractivity contribution in [2.75, 3.05) is 43.1 Å². The predicted octanol–water partition coefficient (Wildman–Crippen LogP) is 0.800. The molecule has 1 aliphatic heterocycles. The van der Waals surface area contributed by atoms with Gasteiger partial charge >= 0.3 is 0 Å². The third-order valence-corrected chi connectivity index (χ3v) is 3.84. The molecule has 148 valence electrons. The van der Waals surface area contributed by atoms with E-state index in [0.717, 1.165) is 18.8 Å². The largest absolute Gasteiger partial charge is 0.378 e. The van der Waals surface area contributed by atoms with Crippen LogP contribution >= 0.6 is 24.8 Å². The van der Waals surface area contributed by atoms with Gasteiger partial charge in [0.05, 0.1) is 37.7 Å². The molecule has 2 rings (SSSR count). The molecule has 2 heterocycles. The minimum atomic E-state index is -0.622. The number of carbonyl (C=O) groups excluding carboxylic acids is 2. The second kappa shape index (κ2) is 11.9. The SMILES string of the molecule is CC(C)[C@H](N)C(=O)NCC(=O)Nc1ccc(N2CCOCC2)cn1.Cl.Cl. The Hall–Kier alpha value is -1.61. The summed E-state index contributed by atoms with van der Waals surface area (Å²) in [5, 5.41) is 5.17. The highest BCUT2D eigenvalue weighted by Gasteiger charge is 2.17. The molecule has 0 aliphatic carbocycles. The van der Waals surface area contributed by atoms with Crippen LogP contribution in [0.3, 0.4) is 0 Å². The number of amides is 2. The zero-order chi connectivity index (χ0) is 17.5. The third-order valence-electron chi connectivity index (χ3n) is 3.84. The summed E-state index contributed by atoms with van der Waals surface area (Å²) in [6, 6.07) is 3.02. The molecule has 4 N–H and O–H groups in total. The number of nitrogens with two attached hydrogens (primary N) is 1. The van der Waals surface area contributed by atoms with Gasteiger partial charge in [0.1, 0.15) is 5.82 Å². The van der Waals surface area contributed by atoms with Crippen LogP contribution < -0.4 is 21.3 Å². The number of morpholine rings is 1. The van der Waals surface area contributed by atoms with Crippen LogP contribution in [-0.2, 0) is 14.3 Å². The second-order valence-electron chi connectivity index (χ2n) is 6.04. The molecule has 1 aliphatic rings. The first-order valence-corrected chi connectivity index (χ1v) is 8.09. The smallest absolute Gasteiger partial charge is 0.244 e. The summed E-state index contributed by atoms with van der Waals surface area (Å²) in [6.07, 6.45) is 1.72. The lowest BCUT2D eigenvalue weighted by Crippen LogP contribution is -2.46. The Morgan fingerprint density at radius 3 is 2.46 bits per heavy atom. The van der Waals surface area contributed by atoms with E-state index in [9.17, 15) is 9.59 Å². The van der Waals surface area contributed by atoms with Crippen molar-refractivity contribution in [1.82, 2.24) is 10.3 Å². The number of hydrogen-bond acceptors (Lipinski definition) is 6. The Balaban J connectivity index is 0.00000312. The van der Waals surface area contributed by atoms with Crippen molar-refractivity contribution in [2.45, 2.75) is 19.9 Å². The maximum absolute atomic E-state index is 11.9. The lowest BCUT2D eigenvalue weighted by Gasteiger charge is -2.28. The van der Waals surface area contributed by atoms with Gasteiger partial charge in [-0.1, -0.05) is 13.8 Å². The lowest BCUT2D eigenvalue weighted by molar-refractivity contribution is -0.125. The number of carbonyl (C=O) groups is 2. The molecule has 0 saturated carbocycles. The number of halogens is 2. The monoisotopic (exact) mass is 407 g/mol. The van der Waals surface area contributed by atoms with Crippen LogP contribution in [0.4, 0.5) is 11.5 Å². The lowest BCUT2D eigenvalue weighted by atomic mass is 10.1. The van der Waals surface area contributed by atoms with E-state index >= 15 is 0 Å². The number of rotatable bonds is 6. The highest BCUT2D eigenvalue weighted by atomic mass is 35.5. The fourth-order valence-corrected chi connectivity index (χ4v) is 2.24. The molecule has 1 fully saturated rings. The summed E-state index contributed by atoms with van der Waals surface area (Å²) in [5.41, 5.74) is 6.71. The van der Waals surface area contributed by atoms with E-state index < -0.39 is 6.04 Å². The number of ether oxygens (including phenoxy) is 1. The maximum atomic E-state index is 11.9. The van der Waals surface area contributed by atoms with E-state index in [1.807, 2.05) is 19.9 Å².